The number of nitrogens with zero attached hydrogens (tertiary/aromatic N) is 1. The van der Waals surface area contributed by atoms with Gasteiger partial charge in [0, 0.05) is 5.69 Å². The number of anilines is 1. The van der Waals surface area contributed by atoms with E-state index in [1.54, 1.807) is 24.3 Å². The summed E-state index contributed by atoms with van der Waals surface area (Å²) in [6, 6.07) is 20.3. The summed E-state index contributed by atoms with van der Waals surface area (Å²) >= 11 is 0. The van der Waals surface area contributed by atoms with Crippen LogP contribution in [0.1, 0.15) is 5.56 Å². The molecule has 0 aliphatic heterocycles. The van der Waals surface area contributed by atoms with E-state index in [9.17, 15) is 14.4 Å². The SMILES string of the molecule is O=C(Cc1cccc2ccccc12)Nc1ccc(-n2c(=O)[nH][nH]c2=O)cc1. The average molecular weight is 360 g/mol. The Labute approximate surface area is 153 Å². The van der Waals surface area contributed by atoms with Gasteiger partial charge >= 0.3 is 11.4 Å². The Morgan fingerprint density at radius 3 is 2.26 bits per heavy atom. The molecule has 0 spiro atoms. The van der Waals surface area contributed by atoms with Crippen LogP contribution in [0.25, 0.3) is 16.5 Å². The first-order chi connectivity index (χ1) is 13.1. The van der Waals surface area contributed by atoms with E-state index >= 15 is 0 Å². The van der Waals surface area contributed by atoms with Crippen LogP contribution in [-0.4, -0.2) is 20.7 Å². The number of carbonyl (C=O) groups excluding carboxylic acids is 1. The molecule has 27 heavy (non-hydrogen) atoms. The van der Waals surface area contributed by atoms with Gasteiger partial charge in [0.2, 0.25) is 5.91 Å². The van der Waals surface area contributed by atoms with Crippen molar-refractivity contribution in [2.45, 2.75) is 6.42 Å². The smallest absolute Gasteiger partial charge is 0.326 e. The number of carbonyl (C=O) groups is 1. The van der Waals surface area contributed by atoms with Gasteiger partial charge in [0.25, 0.3) is 0 Å². The highest BCUT2D eigenvalue weighted by Gasteiger charge is 2.09. The van der Waals surface area contributed by atoms with Crippen LogP contribution in [0, 0.1) is 0 Å². The van der Waals surface area contributed by atoms with Crippen molar-refractivity contribution in [3.63, 3.8) is 0 Å². The summed E-state index contributed by atoms with van der Waals surface area (Å²) in [6.45, 7) is 0. The molecule has 0 atom stereocenters. The van der Waals surface area contributed by atoms with Crippen molar-refractivity contribution in [3.05, 3.63) is 93.3 Å². The first kappa shape index (κ1) is 16.6. The Balaban J connectivity index is 1.51. The van der Waals surface area contributed by atoms with E-state index in [-0.39, 0.29) is 12.3 Å². The average Bonchev–Trinajstić information content (AvgIpc) is 3.01. The van der Waals surface area contributed by atoms with Gasteiger partial charge in [-0.25, -0.2) is 24.4 Å². The van der Waals surface area contributed by atoms with Gasteiger partial charge in [-0.15, -0.1) is 0 Å². The van der Waals surface area contributed by atoms with E-state index in [0.717, 1.165) is 20.9 Å². The van der Waals surface area contributed by atoms with E-state index in [0.29, 0.717) is 11.4 Å². The topological polar surface area (TPSA) is 99.8 Å². The number of rotatable bonds is 4. The first-order valence-electron chi connectivity index (χ1n) is 8.38. The Morgan fingerprint density at radius 1 is 0.852 bits per heavy atom. The van der Waals surface area contributed by atoms with Crippen LogP contribution >= 0.6 is 0 Å². The summed E-state index contributed by atoms with van der Waals surface area (Å²) in [4.78, 5) is 35.7. The molecule has 1 heterocycles. The van der Waals surface area contributed by atoms with Crippen molar-refractivity contribution in [1.29, 1.82) is 0 Å². The molecular weight excluding hydrogens is 344 g/mol. The molecule has 7 heteroatoms. The molecule has 0 saturated carbocycles. The zero-order valence-corrected chi connectivity index (χ0v) is 14.2. The van der Waals surface area contributed by atoms with E-state index in [1.165, 1.54) is 0 Å². The molecule has 0 saturated heterocycles. The second kappa shape index (κ2) is 6.80. The van der Waals surface area contributed by atoms with Gasteiger partial charge in [-0.3, -0.25) is 4.79 Å². The normalized spacial score (nSPS) is 10.8. The molecule has 7 nitrogen and oxygen atoms in total. The minimum Gasteiger partial charge on any atom is -0.326 e. The Morgan fingerprint density at radius 2 is 1.52 bits per heavy atom. The standard InChI is InChI=1S/C20H16N4O3/c25-18(12-14-6-3-5-13-4-1-2-7-17(13)14)21-15-8-10-16(11-9-15)24-19(26)22-23-20(24)27/h1-11H,12H2,(H,21,25)(H,22,26)(H,23,27). The number of amides is 1. The van der Waals surface area contributed by atoms with Crippen LogP contribution in [0.2, 0.25) is 0 Å². The number of hydrogen-bond donors (Lipinski definition) is 3. The number of aromatic amines is 2. The molecule has 0 aliphatic carbocycles. The molecule has 0 bridgehead atoms. The van der Waals surface area contributed by atoms with E-state index in [2.05, 4.69) is 15.5 Å². The van der Waals surface area contributed by atoms with E-state index in [4.69, 9.17) is 0 Å². The summed E-state index contributed by atoms with van der Waals surface area (Å²) in [5, 5.41) is 9.43. The Kier molecular flexibility index (Phi) is 4.18. The number of nitrogens with one attached hydrogen (secondary N) is 3. The lowest BCUT2D eigenvalue weighted by molar-refractivity contribution is -0.115. The highest BCUT2D eigenvalue weighted by Crippen LogP contribution is 2.19. The van der Waals surface area contributed by atoms with Crippen LogP contribution in [0.3, 0.4) is 0 Å². The predicted molar refractivity (Wildman–Crippen MR) is 103 cm³/mol. The molecule has 0 aliphatic rings. The first-order valence-corrected chi connectivity index (χ1v) is 8.38. The Bertz CT molecular complexity index is 1200. The van der Waals surface area contributed by atoms with Crippen molar-refractivity contribution in [1.82, 2.24) is 14.8 Å². The number of H-pyrrole nitrogens is 2. The van der Waals surface area contributed by atoms with Crippen LogP contribution in [0.15, 0.2) is 76.3 Å². The molecule has 1 aromatic heterocycles. The summed E-state index contributed by atoms with van der Waals surface area (Å²) in [5.74, 6) is -0.143. The van der Waals surface area contributed by atoms with Gasteiger partial charge in [-0.05, 0) is 40.6 Å². The summed E-state index contributed by atoms with van der Waals surface area (Å²) in [7, 11) is 0. The lowest BCUT2D eigenvalue weighted by Gasteiger charge is -2.08. The van der Waals surface area contributed by atoms with Crippen molar-refractivity contribution in [2.24, 2.45) is 0 Å². The zero-order chi connectivity index (χ0) is 18.8. The fourth-order valence-electron chi connectivity index (χ4n) is 3.06. The second-order valence-electron chi connectivity index (χ2n) is 6.11. The molecule has 134 valence electrons. The monoisotopic (exact) mass is 360 g/mol. The van der Waals surface area contributed by atoms with Gasteiger partial charge in [0.05, 0.1) is 12.1 Å². The van der Waals surface area contributed by atoms with Crippen molar-refractivity contribution < 1.29 is 4.79 Å². The fraction of sp³-hybridized carbons (Fsp3) is 0.0500. The molecule has 4 rings (SSSR count). The zero-order valence-electron chi connectivity index (χ0n) is 14.2. The largest absolute Gasteiger partial charge is 0.348 e. The van der Waals surface area contributed by atoms with Crippen LogP contribution in [-0.2, 0) is 11.2 Å². The van der Waals surface area contributed by atoms with Crippen molar-refractivity contribution in [3.8, 4) is 5.69 Å². The van der Waals surface area contributed by atoms with Gasteiger partial charge in [0.15, 0.2) is 0 Å². The molecule has 0 fully saturated rings. The van der Waals surface area contributed by atoms with Gasteiger partial charge in [-0.1, -0.05) is 42.5 Å². The lowest BCUT2D eigenvalue weighted by Crippen LogP contribution is -2.24. The maximum absolute atomic E-state index is 12.4. The molecule has 3 aromatic carbocycles. The highest BCUT2D eigenvalue weighted by molar-refractivity contribution is 5.96. The van der Waals surface area contributed by atoms with Gasteiger partial charge in [0.1, 0.15) is 0 Å². The summed E-state index contributed by atoms with van der Waals surface area (Å²) in [6.07, 6.45) is 0.250. The van der Waals surface area contributed by atoms with Gasteiger partial charge in [-0.2, -0.15) is 0 Å². The maximum atomic E-state index is 12.4. The maximum Gasteiger partial charge on any atom is 0.348 e. The molecule has 1 amide bonds. The third-order valence-electron chi connectivity index (χ3n) is 4.32. The molecule has 4 aromatic rings. The predicted octanol–water partition coefficient (Wildman–Crippen LogP) is 2.19. The Hall–Kier alpha value is -3.87. The molecule has 3 N–H and O–H groups in total. The lowest BCUT2D eigenvalue weighted by atomic mass is 10.0. The second-order valence-corrected chi connectivity index (χ2v) is 6.11. The molecule has 0 radical (unpaired) electrons. The summed E-state index contributed by atoms with van der Waals surface area (Å²) < 4.78 is 0.974. The van der Waals surface area contributed by atoms with Crippen LogP contribution in [0.4, 0.5) is 5.69 Å². The molecular formula is C20H16N4O3. The minimum atomic E-state index is -0.548. The molecule has 0 unspecified atom stereocenters. The minimum absolute atomic E-state index is 0.143. The number of hydrogen-bond acceptors (Lipinski definition) is 3. The third kappa shape index (κ3) is 3.30. The highest BCUT2D eigenvalue weighted by atomic mass is 16.2. The third-order valence-corrected chi connectivity index (χ3v) is 4.32. The number of benzene rings is 3. The fourth-order valence-corrected chi connectivity index (χ4v) is 3.06. The van der Waals surface area contributed by atoms with Gasteiger partial charge < -0.3 is 5.32 Å². The van der Waals surface area contributed by atoms with E-state index < -0.39 is 11.4 Å². The van der Waals surface area contributed by atoms with E-state index in [1.807, 2.05) is 42.5 Å². The van der Waals surface area contributed by atoms with Crippen LogP contribution in [0.5, 0.6) is 0 Å². The quantitative estimate of drug-likeness (QED) is 0.520. The number of aromatic nitrogens is 3. The number of fused-ring (bicyclic) bond motifs is 1. The summed E-state index contributed by atoms with van der Waals surface area (Å²) in [5.41, 5.74) is 0.853. The van der Waals surface area contributed by atoms with Crippen molar-refractivity contribution in [2.75, 3.05) is 5.32 Å². The van der Waals surface area contributed by atoms with Crippen molar-refractivity contribution >= 4 is 22.4 Å². The van der Waals surface area contributed by atoms with Crippen LogP contribution < -0.4 is 16.7 Å².